The fourth-order valence-electron chi connectivity index (χ4n) is 1.71. The van der Waals surface area contributed by atoms with Crippen LogP contribution in [0.15, 0.2) is 19.2 Å². The first-order chi connectivity index (χ1) is 10.2. The van der Waals surface area contributed by atoms with Crippen LogP contribution in [0, 0.1) is 0 Å². The van der Waals surface area contributed by atoms with Gasteiger partial charge in [0.2, 0.25) is 5.89 Å². The fraction of sp³-hybridized carbons (Fsp3) is 0.273. The lowest BCUT2D eigenvalue weighted by molar-refractivity contribution is 0.484. The number of nitrogens with zero attached hydrogens (tertiary/aromatic N) is 4. The molecule has 2 N–H and O–H groups in total. The minimum atomic E-state index is 0.237. The highest BCUT2D eigenvalue weighted by Crippen LogP contribution is 2.48. The Bertz CT molecular complexity index is 755. The molecule has 1 aliphatic rings. The highest BCUT2D eigenvalue weighted by Gasteiger charge is 2.20. The molecule has 10 heteroatoms. The Morgan fingerprint density at radius 3 is 2.81 bits per heavy atom. The van der Waals surface area contributed by atoms with Gasteiger partial charge in [0.05, 0.1) is 33.6 Å². The standard InChI is InChI=1S/C11H10Cl2N6OS/c1-2-14-4-7-16-17-11(20-7)15-8-5(12)3-6(13)9-10(8)19-21-18-9/h3,14H,2,4H2,1H3,(H,15,17). The van der Waals surface area contributed by atoms with E-state index in [1.807, 2.05) is 6.92 Å². The van der Waals surface area contributed by atoms with Crippen LogP contribution in [0.5, 0.6) is 0 Å². The summed E-state index contributed by atoms with van der Waals surface area (Å²) in [7, 11) is 0. The number of hydrogen-bond donors (Lipinski definition) is 2. The SMILES string of the molecule is CCNCc1nnc(Nc2c(Cl)cc(Cl)c3c2N=S=N3)o1. The fourth-order valence-corrected chi connectivity index (χ4v) is 2.87. The van der Waals surface area contributed by atoms with Crippen LogP contribution in [0.25, 0.3) is 0 Å². The second-order valence-corrected chi connectivity index (χ2v) is 5.43. The second kappa shape index (κ2) is 6.10. The molecule has 0 saturated carbocycles. The number of aromatic nitrogens is 2. The molecule has 0 unspecified atom stereocenters. The van der Waals surface area contributed by atoms with E-state index in [1.165, 1.54) is 0 Å². The molecule has 0 amide bonds. The molecule has 2 heterocycles. The molecule has 1 aliphatic heterocycles. The lowest BCUT2D eigenvalue weighted by Gasteiger charge is -2.08. The predicted octanol–water partition coefficient (Wildman–Crippen LogP) is 3.96. The molecule has 21 heavy (non-hydrogen) atoms. The van der Waals surface area contributed by atoms with Crippen molar-refractivity contribution in [1.29, 1.82) is 0 Å². The van der Waals surface area contributed by atoms with Crippen LogP contribution in [0.1, 0.15) is 12.8 Å². The number of fused-ring (bicyclic) bond motifs is 1. The lowest BCUT2D eigenvalue weighted by atomic mass is 10.2. The van der Waals surface area contributed by atoms with Gasteiger partial charge in [-0.3, -0.25) is 0 Å². The van der Waals surface area contributed by atoms with E-state index in [0.29, 0.717) is 39.5 Å². The van der Waals surface area contributed by atoms with Gasteiger partial charge in [0.25, 0.3) is 0 Å². The van der Waals surface area contributed by atoms with E-state index in [-0.39, 0.29) is 6.01 Å². The molecule has 0 saturated heterocycles. The van der Waals surface area contributed by atoms with Gasteiger partial charge in [0.15, 0.2) is 0 Å². The number of halogens is 2. The van der Waals surface area contributed by atoms with Crippen molar-refractivity contribution in [2.75, 3.05) is 11.9 Å². The van der Waals surface area contributed by atoms with Gasteiger partial charge < -0.3 is 15.1 Å². The Morgan fingerprint density at radius 1 is 1.19 bits per heavy atom. The lowest BCUT2D eigenvalue weighted by Crippen LogP contribution is -2.11. The zero-order valence-electron chi connectivity index (χ0n) is 10.9. The predicted molar refractivity (Wildman–Crippen MR) is 83.0 cm³/mol. The minimum Gasteiger partial charge on any atom is -0.406 e. The number of nitrogens with one attached hydrogen (secondary N) is 2. The van der Waals surface area contributed by atoms with Crippen molar-refractivity contribution in [1.82, 2.24) is 15.5 Å². The maximum atomic E-state index is 6.19. The van der Waals surface area contributed by atoms with Crippen LogP contribution in [-0.4, -0.2) is 16.7 Å². The highest BCUT2D eigenvalue weighted by atomic mass is 35.5. The van der Waals surface area contributed by atoms with Crippen LogP contribution in [0.3, 0.4) is 0 Å². The normalized spacial score (nSPS) is 12.3. The highest BCUT2D eigenvalue weighted by molar-refractivity contribution is 7.58. The first kappa shape index (κ1) is 14.5. The quantitative estimate of drug-likeness (QED) is 0.731. The van der Waals surface area contributed by atoms with Crippen LogP contribution >= 0.6 is 23.2 Å². The molecule has 1 aromatic carbocycles. The molecule has 0 aliphatic carbocycles. The Hall–Kier alpha value is -1.48. The molecule has 0 fully saturated rings. The molecular formula is C11H10Cl2N6OS. The summed E-state index contributed by atoms with van der Waals surface area (Å²) in [6.45, 7) is 3.32. The van der Waals surface area contributed by atoms with E-state index < -0.39 is 0 Å². The van der Waals surface area contributed by atoms with Gasteiger partial charge in [-0.15, -0.1) is 5.10 Å². The monoisotopic (exact) mass is 344 g/mol. The van der Waals surface area contributed by atoms with E-state index in [0.717, 1.165) is 17.9 Å². The van der Waals surface area contributed by atoms with Crippen molar-refractivity contribution in [3.05, 3.63) is 22.0 Å². The summed E-state index contributed by atoms with van der Waals surface area (Å²) < 4.78 is 13.8. The van der Waals surface area contributed by atoms with Gasteiger partial charge in [0.1, 0.15) is 11.4 Å². The topological polar surface area (TPSA) is 87.7 Å². The Balaban J connectivity index is 1.87. The molecule has 0 atom stereocenters. The summed E-state index contributed by atoms with van der Waals surface area (Å²) in [5.74, 6) is 0.483. The minimum absolute atomic E-state index is 0.237. The first-order valence-corrected chi connectivity index (χ1v) is 7.58. The van der Waals surface area contributed by atoms with E-state index >= 15 is 0 Å². The van der Waals surface area contributed by atoms with Gasteiger partial charge in [-0.2, -0.15) is 8.73 Å². The Labute approximate surface area is 133 Å². The number of rotatable bonds is 5. The third-order valence-corrected chi connectivity index (χ3v) is 3.78. The molecule has 7 nitrogen and oxygen atoms in total. The Kier molecular flexibility index (Phi) is 4.20. The summed E-state index contributed by atoms with van der Waals surface area (Å²) in [5, 5.41) is 14.8. The van der Waals surface area contributed by atoms with Gasteiger partial charge in [-0.25, -0.2) is 0 Å². The molecule has 3 rings (SSSR count). The summed E-state index contributed by atoms with van der Waals surface area (Å²) in [5.41, 5.74) is 1.70. The van der Waals surface area contributed by atoms with Crippen LogP contribution in [0.4, 0.5) is 23.1 Å². The van der Waals surface area contributed by atoms with Crippen LogP contribution in [-0.2, 0) is 17.9 Å². The van der Waals surface area contributed by atoms with Crippen LogP contribution < -0.4 is 10.6 Å². The van der Waals surface area contributed by atoms with E-state index in [2.05, 4.69) is 29.6 Å². The van der Waals surface area contributed by atoms with Crippen molar-refractivity contribution >= 4 is 57.6 Å². The molecular weight excluding hydrogens is 335 g/mol. The van der Waals surface area contributed by atoms with Gasteiger partial charge in [-0.1, -0.05) is 35.2 Å². The van der Waals surface area contributed by atoms with Crippen molar-refractivity contribution in [2.24, 2.45) is 8.73 Å². The third-order valence-electron chi connectivity index (χ3n) is 2.67. The Morgan fingerprint density at radius 2 is 2.00 bits per heavy atom. The molecule has 2 aromatic rings. The third kappa shape index (κ3) is 2.93. The van der Waals surface area contributed by atoms with Crippen molar-refractivity contribution < 1.29 is 4.42 Å². The van der Waals surface area contributed by atoms with Gasteiger partial charge in [-0.05, 0) is 12.6 Å². The van der Waals surface area contributed by atoms with Crippen molar-refractivity contribution in [2.45, 2.75) is 13.5 Å². The summed E-state index contributed by atoms with van der Waals surface area (Å²) in [6, 6.07) is 1.84. The maximum Gasteiger partial charge on any atom is 0.320 e. The molecule has 1 aromatic heterocycles. The summed E-state index contributed by atoms with van der Waals surface area (Å²) in [6.07, 6.45) is 0. The van der Waals surface area contributed by atoms with Gasteiger partial charge in [0, 0.05) is 0 Å². The average Bonchev–Trinajstić information content (AvgIpc) is 3.10. The smallest absolute Gasteiger partial charge is 0.320 e. The average molecular weight is 345 g/mol. The largest absolute Gasteiger partial charge is 0.406 e. The zero-order valence-corrected chi connectivity index (χ0v) is 13.2. The van der Waals surface area contributed by atoms with Gasteiger partial charge >= 0.3 is 6.01 Å². The molecule has 0 bridgehead atoms. The molecule has 0 radical (unpaired) electrons. The first-order valence-electron chi connectivity index (χ1n) is 6.09. The second-order valence-electron chi connectivity index (χ2n) is 4.08. The van der Waals surface area contributed by atoms with E-state index in [9.17, 15) is 0 Å². The molecule has 110 valence electrons. The summed E-state index contributed by atoms with van der Waals surface area (Å²) in [4.78, 5) is 0. The number of benzene rings is 1. The summed E-state index contributed by atoms with van der Waals surface area (Å²) >= 11 is 13.3. The van der Waals surface area contributed by atoms with E-state index in [4.69, 9.17) is 27.6 Å². The number of anilines is 2. The van der Waals surface area contributed by atoms with Crippen molar-refractivity contribution in [3.8, 4) is 0 Å². The maximum absolute atomic E-state index is 6.19. The van der Waals surface area contributed by atoms with Crippen LogP contribution in [0.2, 0.25) is 10.0 Å². The zero-order chi connectivity index (χ0) is 14.8. The van der Waals surface area contributed by atoms with Crippen molar-refractivity contribution in [3.63, 3.8) is 0 Å². The molecule has 0 spiro atoms. The number of hydrogen-bond acceptors (Lipinski definition) is 7. The van der Waals surface area contributed by atoms with E-state index in [1.54, 1.807) is 6.07 Å².